The number of amides is 1. The van der Waals surface area contributed by atoms with Crippen molar-refractivity contribution in [3.8, 4) is 11.3 Å². The van der Waals surface area contributed by atoms with Crippen LogP contribution < -0.4 is 4.90 Å². The Kier molecular flexibility index (Phi) is 7.05. The van der Waals surface area contributed by atoms with Crippen LogP contribution in [0.3, 0.4) is 0 Å². The van der Waals surface area contributed by atoms with E-state index in [1.807, 2.05) is 6.07 Å². The summed E-state index contributed by atoms with van der Waals surface area (Å²) in [6, 6.07) is 7.66. The third-order valence-corrected chi connectivity index (χ3v) is 6.71. The summed E-state index contributed by atoms with van der Waals surface area (Å²) in [5.41, 5.74) is 0.990. The molecule has 1 amide bonds. The van der Waals surface area contributed by atoms with Gasteiger partial charge in [-0.05, 0) is 24.3 Å². The zero-order chi connectivity index (χ0) is 27.1. The molecule has 4 aromatic rings. The molecule has 3 heterocycles. The fourth-order valence-electron chi connectivity index (χ4n) is 4.53. The van der Waals surface area contributed by atoms with E-state index < -0.39 is 54.3 Å². The summed E-state index contributed by atoms with van der Waals surface area (Å²) in [4.78, 5) is 19.2. The number of carbonyl (C=O) groups is 1. The van der Waals surface area contributed by atoms with Crippen molar-refractivity contribution in [2.75, 3.05) is 18.6 Å². The fourth-order valence-corrected chi connectivity index (χ4v) is 4.69. The van der Waals surface area contributed by atoms with Crippen LogP contribution in [0, 0.1) is 17.5 Å². The van der Waals surface area contributed by atoms with Gasteiger partial charge in [0.2, 0.25) is 0 Å². The highest BCUT2D eigenvalue weighted by Crippen LogP contribution is 2.33. The Balaban J connectivity index is 1.43. The number of para-hydroxylation sites is 1. The molecule has 1 aliphatic heterocycles. The molecule has 1 aliphatic rings. The molecule has 0 saturated carbocycles. The van der Waals surface area contributed by atoms with Gasteiger partial charge in [0.25, 0.3) is 5.91 Å². The van der Waals surface area contributed by atoms with Gasteiger partial charge in [-0.1, -0.05) is 28.9 Å². The third kappa shape index (κ3) is 4.71. The largest absolute Gasteiger partial charge is 0.394 e. The summed E-state index contributed by atoms with van der Waals surface area (Å²) in [6.45, 7) is -0.588. The van der Waals surface area contributed by atoms with E-state index >= 15 is 0 Å². The lowest BCUT2D eigenvalue weighted by atomic mass is 9.94. The second-order valence-corrected chi connectivity index (χ2v) is 9.31. The first-order chi connectivity index (χ1) is 18.2. The van der Waals surface area contributed by atoms with Gasteiger partial charge in [0.05, 0.1) is 35.1 Å². The molecule has 198 valence electrons. The molecular formula is C25H21ClF3N5O4. The lowest BCUT2D eigenvalue weighted by Gasteiger charge is -2.39. The van der Waals surface area contributed by atoms with Crippen molar-refractivity contribution in [2.24, 2.45) is 0 Å². The Morgan fingerprint density at radius 2 is 1.97 bits per heavy atom. The first-order valence-corrected chi connectivity index (χ1v) is 11.9. The van der Waals surface area contributed by atoms with Crippen LogP contribution in [0.25, 0.3) is 22.2 Å². The van der Waals surface area contributed by atoms with Crippen LogP contribution in [0.4, 0.5) is 18.9 Å². The number of aliphatic hydroxyl groups is 2. The molecule has 0 unspecified atom stereocenters. The number of carbonyl (C=O) groups excluding carboxylic acids is 1. The third-order valence-electron chi connectivity index (χ3n) is 6.50. The van der Waals surface area contributed by atoms with Gasteiger partial charge in [-0.2, -0.15) is 0 Å². The van der Waals surface area contributed by atoms with Crippen molar-refractivity contribution < 1.29 is 32.9 Å². The molecule has 0 radical (unpaired) electrons. The van der Waals surface area contributed by atoms with Crippen molar-refractivity contribution in [3.05, 3.63) is 71.3 Å². The Bertz CT molecular complexity index is 1500. The molecule has 0 spiro atoms. The average molecular weight is 548 g/mol. The number of ether oxygens (including phenoxy) is 1. The van der Waals surface area contributed by atoms with Gasteiger partial charge in [0, 0.05) is 30.6 Å². The lowest BCUT2D eigenvalue weighted by molar-refractivity contribution is -0.169. The van der Waals surface area contributed by atoms with Gasteiger partial charge in [0.15, 0.2) is 17.5 Å². The van der Waals surface area contributed by atoms with E-state index in [9.17, 15) is 28.2 Å². The van der Waals surface area contributed by atoms with Crippen molar-refractivity contribution in [3.63, 3.8) is 0 Å². The monoisotopic (exact) mass is 547 g/mol. The first kappa shape index (κ1) is 26.0. The number of fused-ring (bicyclic) bond motifs is 1. The Labute approximate surface area is 219 Å². The maximum atomic E-state index is 13.7. The van der Waals surface area contributed by atoms with E-state index in [1.165, 1.54) is 22.0 Å². The van der Waals surface area contributed by atoms with E-state index in [-0.39, 0.29) is 17.7 Å². The number of hydrogen-bond acceptors (Lipinski definition) is 7. The average Bonchev–Trinajstić information content (AvgIpc) is 3.40. The van der Waals surface area contributed by atoms with Crippen LogP contribution in [0.2, 0.25) is 5.02 Å². The quantitative estimate of drug-likeness (QED) is 0.369. The SMILES string of the molecule is CN(C(=O)[C@H]1C[C@@H](n2cc(-c3cc(F)c(F)c(F)c3)nn2)[C@@H](O)[C@@H](CO)O1)c1cccc2cc(Cl)cnc12. The molecular weight excluding hydrogens is 527 g/mol. The minimum absolute atomic E-state index is 0.0162. The van der Waals surface area contributed by atoms with Gasteiger partial charge < -0.3 is 19.8 Å². The minimum atomic E-state index is -1.61. The minimum Gasteiger partial charge on any atom is -0.394 e. The van der Waals surface area contributed by atoms with Gasteiger partial charge in [-0.3, -0.25) is 9.78 Å². The topological polar surface area (TPSA) is 114 Å². The maximum Gasteiger partial charge on any atom is 0.256 e. The number of aliphatic hydroxyl groups excluding tert-OH is 2. The maximum absolute atomic E-state index is 13.7. The zero-order valence-corrected chi connectivity index (χ0v) is 20.6. The first-order valence-electron chi connectivity index (χ1n) is 11.5. The van der Waals surface area contributed by atoms with E-state index in [0.29, 0.717) is 16.2 Å². The summed E-state index contributed by atoms with van der Waals surface area (Å²) in [5, 5.41) is 29.6. The van der Waals surface area contributed by atoms with Crippen LogP contribution in [0.1, 0.15) is 12.5 Å². The number of pyridine rings is 1. The van der Waals surface area contributed by atoms with Crippen LogP contribution in [-0.4, -0.2) is 68.1 Å². The fraction of sp³-hybridized carbons (Fsp3) is 0.280. The number of aromatic nitrogens is 4. The zero-order valence-electron chi connectivity index (χ0n) is 19.8. The number of rotatable bonds is 5. The summed E-state index contributed by atoms with van der Waals surface area (Å²) in [7, 11) is 1.55. The van der Waals surface area contributed by atoms with E-state index in [4.69, 9.17) is 16.3 Å². The number of benzene rings is 2. The van der Waals surface area contributed by atoms with E-state index in [2.05, 4.69) is 15.3 Å². The van der Waals surface area contributed by atoms with Gasteiger partial charge in [0.1, 0.15) is 24.0 Å². The van der Waals surface area contributed by atoms with Crippen molar-refractivity contribution >= 4 is 34.1 Å². The van der Waals surface area contributed by atoms with Gasteiger partial charge >= 0.3 is 0 Å². The summed E-state index contributed by atoms with van der Waals surface area (Å²) < 4.78 is 47.7. The molecule has 1 saturated heterocycles. The predicted molar refractivity (Wildman–Crippen MR) is 131 cm³/mol. The Hall–Kier alpha value is -3.58. The standard InChI is InChI=1S/C25H21ClF3N5O4/c1-33(18-4-2-3-12-5-14(26)9-30-23(12)18)25(37)20-8-19(24(36)21(11-35)38-20)34-10-17(31-32-34)13-6-15(27)22(29)16(28)7-13/h2-7,9-10,19-21,24,35-36H,8,11H2,1H3/t19-,20-,21-,24-/m1/s1. The second-order valence-electron chi connectivity index (χ2n) is 8.88. The van der Waals surface area contributed by atoms with Gasteiger partial charge in [-0.25, -0.2) is 17.9 Å². The molecule has 38 heavy (non-hydrogen) atoms. The molecule has 2 aromatic heterocycles. The summed E-state index contributed by atoms with van der Waals surface area (Å²) in [6.07, 6.45) is -0.788. The number of anilines is 1. The van der Waals surface area contributed by atoms with Crippen LogP contribution in [-0.2, 0) is 9.53 Å². The highest BCUT2D eigenvalue weighted by atomic mass is 35.5. The van der Waals surface area contributed by atoms with Crippen LogP contribution >= 0.6 is 11.6 Å². The molecule has 2 aromatic carbocycles. The number of likely N-dealkylation sites (N-methyl/N-ethyl adjacent to an activating group) is 1. The van der Waals surface area contributed by atoms with Crippen LogP contribution in [0.5, 0.6) is 0 Å². The summed E-state index contributed by atoms with van der Waals surface area (Å²) >= 11 is 6.04. The highest BCUT2D eigenvalue weighted by molar-refractivity contribution is 6.31. The van der Waals surface area contributed by atoms with Crippen LogP contribution in [0.15, 0.2) is 48.8 Å². The van der Waals surface area contributed by atoms with Crippen molar-refractivity contribution in [1.29, 1.82) is 0 Å². The molecule has 13 heteroatoms. The van der Waals surface area contributed by atoms with E-state index in [0.717, 1.165) is 17.5 Å². The molecule has 5 rings (SSSR count). The predicted octanol–water partition coefficient (Wildman–Crippen LogP) is 3.28. The highest BCUT2D eigenvalue weighted by Gasteiger charge is 2.43. The molecule has 1 fully saturated rings. The molecule has 2 N–H and O–H groups in total. The van der Waals surface area contributed by atoms with Crippen molar-refractivity contribution in [1.82, 2.24) is 20.0 Å². The number of halogens is 4. The normalized spacial score (nSPS) is 21.6. The lowest BCUT2D eigenvalue weighted by Crippen LogP contribution is -2.52. The Morgan fingerprint density at radius 1 is 1.24 bits per heavy atom. The van der Waals surface area contributed by atoms with E-state index in [1.54, 1.807) is 25.2 Å². The van der Waals surface area contributed by atoms with Crippen molar-refractivity contribution in [2.45, 2.75) is 30.8 Å². The molecule has 0 bridgehead atoms. The number of nitrogens with zero attached hydrogens (tertiary/aromatic N) is 5. The summed E-state index contributed by atoms with van der Waals surface area (Å²) in [5.74, 6) is -4.85. The Morgan fingerprint density at radius 3 is 2.68 bits per heavy atom. The molecule has 0 aliphatic carbocycles. The molecule has 9 nitrogen and oxygen atoms in total. The number of hydrogen-bond donors (Lipinski definition) is 2. The second kappa shape index (κ2) is 10.3. The molecule has 4 atom stereocenters. The smallest absolute Gasteiger partial charge is 0.256 e. The van der Waals surface area contributed by atoms with Gasteiger partial charge in [-0.15, -0.1) is 5.10 Å².